The molecule has 6 heteroatoms. The van der Waals surface area contributed by atoms with Crippen molar-refractivity contribution in [3.63, 3.8) is 0 Å². The molecule has 0 saturated carbocycles. The maximum Gasteiger partial charge on any atom is 0.328 e. The number of amides is 1. The maximum atomic E-state index is 12.9. The normalized spacial score (nSPS) is 11.8. The van der Waals surface area contributed by atoms with Gasteiger partial charge in [0.15, 0.2) is 0 Å². The first-order chi connectivity index (χ1) is 10.0. The number of methoxy groups -OCH3 is 1. The van der Waals surface area contributed by atoms with Gasteiger partial charge in [0.1, 0.15) is 11.9 Å². The van der Waals surface area contributed by atoms with E-state index in [4.69, 9.17) is 0 Å². The highest BCUT2D eigenvalue weighted by Crippen LogP contribution is 2.28. The van der Waals surface area contributed by atoms with E-state index < -0.39 is 12.0 Å². The minimum absolute atomic E-state index is 0.305. The van der Waals surface area contributed by atoms with Gasteiger partial charge in [-0.15, -0.1) is 11.3 Å². The Hall–Kier alpha value is -2.21. The fraction of sp³-hybridized carbons (Fsp3) is 0.200. The Morgan fingerprint density at radius 2 is 1.86 bits per heavy atom. The molecule has 0 saturated heterocycles. The zero-order chi connectivity index (χ0) is 15.4. The number of hydrogen-bond acceptors (Lipinski definition) is 4. The van der Waals surface area contributed by atoms with Gasteiger partial charge in [0.25, 0.3) is 5.91 Å². The van der Waals surface area contributed by atoms with Crippen LogP contribution in [0, 0.1) is 5.82 Å². The summed E-state index contributed by atoms with van der Waals surface area (Å²) in [5.41, 5.74) is 0.835. The predicted molar refractivity (Wildman–Crippen MR) is 78.7 cm³/mol. The molecular formula is C15H14FNO3S. The van der Waals surface area contributed by atoms with Gasteiger partial charge >= 0.3 is 5.97 Å². The van der Waals surface area contributed by atoms with Gasteiger partial charge in [-0.3, -0.25) is 4.79 Å². The molecule has 2 aromatic rings. The Labute approximate surface area is 125 Å². The minimum atomic E-state index is -0.709. The van der Waals surface area contributed by atoms with Gasteiger partial charge in [-0.25, -0.2) is 9.18 Å². The fourth-order valence-electron chi connectivity index (χ4n) is 1.73. The van der Waals surface area contributed by atoms with Gasteiger partial charge in [0.05, 0.1) is 12.0 Å². The van der Waals surface area contributed by atoms with Crippen LogP contribution >= 0.6 is 11.3 Å². The highest BCUT2D eigenvalue weighted by molar-refractivity contribution is 7.17. The van der Waals surface area contributed by atoms with Crippen LogP contribution in [-0.2, 0) is 9.53 Å². The third-order valence-electron chi connectivity index (χ3n) is 2.86. The second-order valence-corrected chi connectivity index (χ2v) is 5.47. The number of ether oxygens (including phenoxy) is 1. The zero-order valence-corrected chi connectivity index (χ0v) is 12.4. The maximum absolute atomic E-state index is 12.9. The highest BCUT2D eigenvalue weighted by Gasteiger charge is 2.18. The topological polar surface area (TPSA) is 55.4 Å². The Balaban J connectivity index is 2.10. The van der Waals surface area contributed by atoms with E-state index in [1.807, 2.05) is 0 Å². The molecule has 0 aliphatic rings. The van der Waals surface area contributed by atoms with E-state index in [2.05, 4.69) is 10.1 Å². The van der Waals surface area contributed by atoms with Crippen LogP contribution in [0.3, 0.4) is 0 Å². The molecule has 110 valence electrons. The van der Waals surface area contributed by atoms with E-state index >= 15 is 0 Å². The van der Waals surface area contributed by atoms with Crippen LogP contribution in [0.2, 0.25) is 0 Å². The molecule has 2 rings (SSSR count). The lowest BCUT2D eigenvalue weighted by molar-refractivity contribution is -0.142. The zero-order valence-electron chi connectivity index (χ0n) is 11.6. The SMILES string of the molecule is COC(=O)[C@@H](C)NC(=O)c1ccc(-c2ccc(F)cc2)s1. The fourth-order valence-corrected chi connectivity index (χ4v) is 2.65. The van der Waals surface area contributed by atoms with Crippen molar-refractivity contribution in [1.29, 1.82) is 0 Å². The molecule has 0 bridgehead atoms. The molecule has 1 aromatic carbocycles. The molecule has 0 aliphatic heterocycles. The van der Waals surface area contributed by atoms with Crippen molar-refractivity contribution in [2.45, 2.75) is 13.0 Å². The number of rotatable bonds is 4. The number of nitrogens with one attached hydrogen (secondary N) is 1. The summed E-state index contributed by atoms with van der Waals surface area (Å²) in [6.45, 7) is 1.55. The third-order valence-corrected chi connectivity index (χ3v) is 3.99. The van der Waals surface area contributed by atoms with Crippen molar-refractivity contribution in [3.05, 3.63) is 47.1 Å². The van der Waals surface area contributed by atoms with Gasteiger partial charge < -0.3 is 10.1 Å². The van der Waals surface area contributed by atoms with Gasteiger partial charge in [0, 0.05) is 4.88 Å². The minimum Gasteiger partial charge on any atom is -0.467 e. The van der Waals surface area contributed by atoms with Crippen LogP contribution in [0.4, 0.5) is 4.39 Å². The third kappa shape index (κ3) is 3.66. The first-order valence-electron chi connectivity index (χ1n) is 6.25. The smallest absolute Gasteiger partial charge is 0.328 e. The number of thiophene rings is 1. The van der Waals surface area contributed by atoms with Gasteiger partial charge in [-0.2, -0.15) is 0 Å². The summed E-state index contributed by atoms with van der Waals surface area (Å²) in [4.78, 5) is 24.6. The number of hydrogen-bond donors (Lipinski definition) is 1. The summed E-state index contributed by atoms with van der Waals surface area (Å²) < 4.78 is 17.4. The second-order valence-electron chi connectivity index (χ2n) is 4.39. The first kappa shape index (κ1) is 15.2. The largest absolute Gasteiger partial charge is 0.467 e. The Morgan fingerprint density at radius 1 is 1.19 bits per heavy atom. The van der Waals surface area contributed by atoms with E-state index in [0.29, 0.717) is 4.88 Å². The Bertz CT molecular complexity index is 651. The van der Waals surface area contributed by atoms with Crippen LogP contribution < -0.4 is 5.32 Å². The monoisotopic (exact) mass is 307 g/mol. The predicted octanol–water partition coefficient (Wildman–Crippen LogP) is 2.85. The van der Waals surface area contributed by atoms with E-state index in [1.54, 1.807) is 31.2 Å². The molecule has 0 radical (unpaired) electrons. The van der Waals surface area contributed by atoms with E-state index in [0.717, 1.165) is 10.4 Å². The lowest BCUT2D eigenvalue weighted by Crippen LogP contribution is -2.38. The molecule has 4 nitrogen and oxygen atoms in total. The van der Waals surface area contributed by atoms with Gasteiger partial charge in [-0.05, 0) is 36.8 Å². The summed E-state index contributed by atoms with van der Waals surface area (Å²) >= 11 is 1.27. The van der Waals surface area contributed by atoms with Crippen LogP contribution in [-0.4, -0.2) is 25.0 Å². The average Bonchev–Trinajstić information content (AvgIpc) is 2.97. The lowest BCUT2D eigenvalue weighted by atomic mass is 10.2. The molecule has 1 aromatic heterocycles. The number of halogens is 1. The summed E-state index contributed by atoms with van der Waals surface area (Å²) in [6, 6.07) is 8.79. The van der Waals surface area contributed by atoms with Crippen LogP contribution in [0.15, 0.2) is 36.4 Å². The highest BCUT2D eigenvalue weighted by atomic mass is 32.1. The number of carbonyl (C=O) groups is 2. The van der Waals surface area contributed by atoms with Crippen molar-refractivity contribution in [2.24, 2.45) is 0 Å². The van der Waals surface area contributed by atoms with E-state index in [-0.39, 0.29) is 11.7 Å². The average molecular weight is 307 g/mol. The molecule has 1 heterocycles. The molecule has 0 fully saturated rings. The molecule has 21 heavy (non-hydrogen) atoms. The van der Waals surface area contributed by atoms with Crippen LogP contribution in [0.25, 0.3) is 10.4 Å². The van der Waals surface area contributed by atoms with Crippen molar-refractivity contribution >= 4 is 23.2 Å². The lowest BCUT2D eigenvalue weighted by Gasteiger charge is -2.10. The van der Waals surface area contributed by atoms with Gasteiger partial charge in [-0.1, -0.05) is 12.1 Å². The molecular weight excluding hydrogens is 293 g/mol. The number of benzene rings is 1. The quantitative estimate of drug-likeness (QED) is 0.884. The van der Waals surface area contributed by atoms with Gasteiger partial charge in [0.2, 0.25) is 0 Å². The molecule has 1 N–H and O–H groups in total. The van der Waals surface area contributed by atoms with Crippen molar-refractivity contribution in [3.8, 4) is 10.4 Å². The summed E-state index contributed by atoms with van der Waals surface area (Å²) in [5, 5.41) is 2.56. The summed E-state index contributed by atoms with van der Waals surface area (Å²) in [6.07, 6.45) is 0. The van der Waals surface area contributed by atoms with E-state index in [1.165, 1.54) is 30.6 Å². The molecule has 1 atom stereocenters. The molecule has 0 unspecified atom stereocenters. The van der Waals surface area contributed by atoms with Crippen molar-refractivity contribution in [1.82, 2.24) is 5.32 Å². The molecule has 0 aliphatic carbocycles. The standard InChI is InChI=1S/C15H14FNO3S/c1-9(15(19)20-2)17-14(18)13-8-7-12(21-13)10-3-5-11(16)6-4-10/h3-9H,1-2H3,(H,17,18)/t9-/m1/s1. The number of esters is 1. The van der Waals surface area contributed by atoms with E-state index in [9.17, 15) is 14.0 Å². The van der Waals surface area contributed by atoms with Crippen molar-refractivity contribution < 1.29 is 18.7 Å². The number of carbonyl (C=O) groups excluding carboxylic acids is 2. The first-order valence-corrected chi connectivity index (χ1v) is 7.07. The molecule has 1 amide bonds. The van der Waals surface area contributed by atoms with Crippen LogP contribution in [0.5, 0.6) is 0 Å². The summed E-state index contributed by atoms with van der Waals surface area (Å²) in [7, 11) is 1.27. The van der Waals surface area contributed by atoms with Crippen molar-refractivity contribution in [2.75, 3.05) is 7.11 Å². The Kier molecular flexibility index (Phi) is 4.70. The summed E-state index contributed by atoms with van der Waals surface area (Å²) in [5.74, 6) is -1.15. The Morgan fingerprint density at radius 3 is 2.48 bits per heavy atom. The second kappa shape index (κ2) is 6.49. The van der Waals surface area contributed by atoms with Crippen LogP contribution in [0.1, 0.15) is 16.6 Å². The molecule has 0 spiro atoms.